The number of carbonyl (C=O) groups excluding carboxylic acids is 1. The predicted octanol–water partition coefficient (Wildman–Crippen LogP) is 0.969. The zero-order valence-corrected chi connectivity index (χ0v) is 9.80. The molecular weight excluding hydrogens is 335 g/mol. The molecule has 0 aromatic heterocycles. The average Bonchev–Trinajstić information content (AvgIpc) is 2.07. The van der Waals surface area contributed by atoms with E-state index in [0.29, 0.717) is 9.73 Å². The fraction of sp³-hybridized carbons (Fsp3) is 0.125. The van der Waals surface area contributed by atoms with Crippen LogP contribution in [0.1, 0.15) is 10.4 Å². The van der Waals surface area contributed by atoms with E-state index < -0.39 is 0 Å². The molecule has 0 spiro atoms. The van der Waals surface area contributed by atoms with Crippen molar-refractivity contribution in [2.24, 2.45) is 0 Å². The Balaban J connectivity index is 2.69. The molecule has 0 aliphatic heterocycles. The minimum absolute atomic E-state index is 0.222. The van der Waals surface area contributed by atoms with E-state index in [0.717, 1.165) is 25.8 Å². The predicted molar refractivity (Wildman–Crippen MR) is 42.5 cm³/mol. The standard InChI is InChI=1S/C8H7O2.Pb/c1-10-8(9)7-5-3-2-4-6-7;/h2-6H,1H2;. The molecule has 0 amide bonds. The van der Waals surface area contributed by atoms with E-state index in [1.165, 1.54) is 0 Å². The van der Waals surface area contributed by atoms with Crippen molar-refractivity contribution in [3.8, 4) is 0 Å². The first kappa shape index (κ1) is 8.71. The molecule has 0 heterocycles. The normalized spacial score (nSPS) is 9.18. The van der Waals surface area contributed by atoms with Gasteiger partial charge in [0.1, 0.15) is 0 Å². The molecule has 0 aliphatic rings. The van der Waals surface area contributed by atoms with Crippen LogP contribution in [0, 0.1) is 0 Å². The van der Waals surface area contributed by atoms with Gasteiger partial charge in [-0.25, -0.2) is 0 Å². The summed E-state index contributed by atoms with van der Waals surface area (Å²) in [5.74, 6) is -0.222. The Bertz CT molecular complexity index is 233. The summed E-state index contributed by atoms with van der Waals surface area (Å²) in [4.78, 5) is 11.0. The number of benzene rings is 1. The zero-order valence-electron chi connectivity index (χ0n) is 5.91. The van der Waals surface area contributed by atoms with Gasteiger partial charge in [-0.15, -0.1) is 0 Å². The summed E-state index contributed by atoms with van der Waals surface area (Å²) < 4.78 is 5.41. The molecule has 0 bridgehead atoms. The minimum atomic E-state index is -0.222. The first-order chi connectivity index (χ1) is 5.34. The molecule has 1 rings (SSSR count). The summed E-state index contributed by atoms with van der Waals surface area (Å²) in [7, 11) is 0. The second-order valence-corrected chi connectivity index (χ2v) is 3.06. The van der Waals surface area contributed by atoms with Crippen molar-refractivity contribution in [1.82, 2.24) is 0 Å². The van der Waals surface area contributed by atoms with Crippen LogP contribution in [0.5, 0.6) is 0 Å². The van der Waals surface area contributed by atoms with Crippen molar-refractivity contribution < 1.29 is 9.53 Å². The van der Waals surface area contributed by atoms with Gasteiger partial charge in [-0.05, 0) is 0 Å². The Morgan fingerprint density at radius 2 is 2.00 bits per heavy atom. The SMILES string of the molecule is O=C(O[CH2][Pb])c1ccccc1. The summed E-state index contributed by atoms with van der Waals surface area (Å²) in [5, 5.41) is 0. The van der Waals surface area contributed by atoms with Crippen molar-refractivity contribution in [2.45, 2.75) is 0 Å². The van der Waals surface area contributed by atoms with E-state index in [-0.39, 0.29) is 5.97 Å². The van der Waals surface area contributed by atoms with Crippen molar-refractivity contribution >= 4 is 31.7 Å². The molecule has 0 saturated carbocycles. The van der Waals surface area contributed by atoms with Crippen molar-refractivity contribution in [3.05, 3.63) is 35.9 Å². The fourth-order valence-electron chi connectivity index (χ4n) is 0.723. The van der Waals surface area contributed by atoms with Gasteiger partial charge in [0.2, 0.25) is 0 Å². The Morgan fingerprint density at radius 1 is 1.36 bits per heavy atom. The molecule has 0 aliphatic carbocycles. The van der Waals surface area contributed by atoms with Gasteiger partial charge in [-0.3, -0.25) is 0 Å². The summed E-state index contributed by atoms with van der Waals surface area (Å²) in [5.41, 5.74) is 0.628. The molecule has 11 heavy (non-hydrogen) atoms. The van der Waals surface area contributed by atoms with Crippen LogP contribution in [-0.4, -0.2) is 35.9 Å². The third-order valence-corrected chi connectivity index (χ3v) is 1.77. The molecule has 0 fully saturated rings. The summed E-state index contributed by atoms with van der Waals surface area (Å²) in [6.07, 6.45) is 0. The van der Waals surface area contributed by atoms with Gasteiger partial charge in [-0.2, -0.15) is 0 Å². The first-order valence-electron chi connectivity index (χ1n) is 3.21. The molecule has 0 atom stereocenters. The van der Waals surface area contributed by atoms with Gasteiger partial charge in [-0.1, -0.05) is 0 Å². The van der Waals surface area contributed by atoms with Crippen LogP contribution in [0.3, 0.4) is 0 Å². The number of ether oxygens (including phenoxy) is 1. The van der Waals surface area contributed by atoms with Gasteiger partial charge in [0.05, 0.1) is 0 Å². The van der Waals surface area contributed by atoms with Crippen LogP contribution in [0.25, 0.3) is 0 Å². The van der Waals surface area contributed by atoms with Crippen molar-refractivity contribution in [1.29, 1.82) is 0 Å². The summed E-state index contributed by atoms with van der Waals surface area (Å²) >= 11 is 0.895. The quantitative estimate of drug-likeness (QED) is 0.591. The average molecular weight is 342 g/mol. The van der Waals surface area contributed by atoms with Crippen molar-refractivity contribution in [3.63, 3.8) is 0 Å². The first-order valence-corrected chi connectivity index (χ1v) is 5.96. The van der Waals surface area contributed by atoms with E-state index in [1.54, 1.807) is 12.1 Å². The Morgan fingerprint density at radius 3 is 2.55 bits per heavy atom. The third kappa shape index (κ3) is 2.61. The van der Waals surface area contributed by atoms with Crippen LogP contribution in [-0.2, 0) is 4.74 Å². The summed E-state index contributed by atoms with van der Waals surface area (Å²) in [6.45, 7) is 0. The molecule has 1 aromatic rings. The maximum absolute atomic E-state index is 11.0. The van der Waals surface area contributed by atoms with Crippen LogP contribution in [0.2, 0.25) is 0 Å². The van der Waals surface area contributed by atoms with Crippen LogP contribution < -0.4 is 0 Å². The molecule has 55 valence electrons. The molecule has 3 radical (unpaired) electrons. The number of rotatable bonds is 2. The fourth-order valence-corrected chi connectivity index (χ4v) is 1.23. The van der Waals surface area contributed by atoms with Crippen LogP contribution in [0.15, 0.2) is 30.3 Å². The topological polar surface area (TPSA) is 26.3 Å². The van der Waals surface area contributed by atoms with E-state index in [2.05, 4.69) is 0 Å². The number of carbonyl (C=O) groups is 1. The Labute approximate surface area is 81.2 Å². The number of esters is 1. The van der Waals surface area contributed by atoms with Crippen LogP contribution >= 0.6 is 0 Å². The third-order valence-electron chi connectivity index (χ3n) is 1.21. The Hall–Kier alpha value is -0.388. The van der Waals surface area contributed by atoms with Gasteiger partial charge >= 0.3 is 81.3 Å². The van der Waals surface area contributed by atoms with E-state index in [4.69, 9.17) is 4.74 Å². The second kappa shape index (κ2) is 4.48. The molecule has 0 unspecified atom stereocenters. The van der Waals surface area contributed by atoms with Gasteiger partial charge < -0.3 is 0 Å². The number of hydrogen-bond acceptors (Lipinski definition) is 2. The Kier molecular flexibility index (Phi) is 3.55. The van der Waals surface area contributed by atoms with Crippen LogP contribution in [0.4, 0.5) is 0 Å². The van der Waals surface area contributed by atoms with Gasteiger partial charge in [0, 0.05) is 0 Å². The van der Waals surface area contributed by atoms with E-state index >= 15 is 0 Å². The molecule has 0 N–H and O–H groups in total. The monoisotopic (exact) mass is 343 g/mol. The molecule has 0 saturated heterocycles. The van der Waals surface area contributed by atoms with Gasteiger partial charge in [0.25, 0.3) is 0 Å². The number of hydrogen-bond donors (Lipinski definition) is 0. The molecule has 3 heteroatoms. The van der Waals surface area contributed by atoms with Gasteiger partial charge in [0.15, 0.2) is 0 Å². The molecular formula is C8H7O2Pb. The van der Waals surface area contributed by atoms with Crippen molar-refractivity contribution in [2.75, 3.05) is 4.17 Å². The van der Waals surface area contributed by atoms with E-state index in [9.17, 15) is 4.79 Å². The maximum atomic E-state index is 11.0. The summed E-state index contributed by atoms with van der Waals surface area (Å²) in [6, 6.07) is 9.02. The second-order valence-electron chi connectivity index (χ2n) is 1.94. The zero-order chi connectivity index (χ0) is 8.10. The molecule has 1 aromatic carbocycles. The van der Waals surface area contributed by atoms with E-state index in [1.807, 2.05) is 18.2 Å². The molecule has 2 nitrogen and oxygen atoms in total.